The summed E-state index contributed by atoms with van der Waals surface area (Å²) in [4.78, 5) is 23.0. The van der Waals surface area contributed by atoms with Crippen molar-refractivity contribution in [3.8, 4) is 0 Å². The summed E-state index contributed by atoms with van der Waals surface area (Å²) in [5.74, 6) is 0.284. The van der Waals surface area contributed by atoms with Crippen LogP contribution in [-0.2, 0) is 9.59 Å². The second kappa shape index (κ2) is 5.29. The summed E-state index contributed by atoms with van der Waals surface area (Å²) in [6.07, 6.45) is 5.74. The van der Waals surface area contributed by atoms with Crippen LogP contribution in [-0.4, -0.2) is 33.5 Å². The number of carboxylic acids is 1. The van der Waals surface area contributed by atoms with E-state index in [1.54, 1.807) is 11.8 Å². The second-order valence-electron chi connectivity index (χ2n) is 5.05. The molecule has 0 aromatic heterocycles. The molecular weight excluding hydrogens is 238 g/mol. The largest absolute Gasteiger partial charge is 0.481 e. The molecule has 1 aliphatic carbocycles. The molecule has 1 amide bonds. The van der Waals surface area contributed by atoms with Crippen LogP contribution in [0.15, 0.2) is 0 Å². The van der Waals surface area contributed by atoms with E-state index in [9.17, 15) is 9.59 Å². The Morgan fingerprint density at radius 3 is 2.53 bits per heavy atom. The Morgan fingerprint density at radius 2 is 2.00 bits per heavy atom. The Balaban J connectivity index is 1.97. The molecule has 5 heteroatoms. The van der Waals surface area contributed by atoms with Crippen LogP contribution in [0.2, 0.25) is 0 Å². The summed E-state index contributed by atoms with van der Waals surface area (Å²) < 4.78 is 0. The van der Waals surface area contributed by atoms with Crippen molar-refractivity contribution in [2.75, 3.05) is 5.75 Å². The van der Waals surface area contributed by atoms with Crippen molar-refractivity contribution in [1.82, 2.24) is 5.32 Å². The minimum Gasteiger partial charge on any atom is -0.481 e. The highest BCUT2D eigenvalue weighted by Gasteiger charge is 2.39. The molecule has 2 fully saturated rings. The van der Waals surface area contributed by atoms with Crippen molar-refractivity contribution >= 4 is 23.6 Å². The minimum atomic E-state index is -0.814. The van der Waals surface area contributed by atoms with Gasteiger partial charge in [-0.05, 0) is 31.4 Å². The van der Waals surface area contributed by atoms with Gasteiger partial charge in [0.2, 0.25) is 5.91 Å². The zero-order valence-corrected chi connectivity index (χ0v) is 10.7. The zero-order chi connectivity index (χ0) is 12.3. The molecular formula is C12H19NO3S. The summed E-state index contributed by atoms with van der Waals surface area (Å²) in [5, 5.41) is 12.0. The van der Waals surface area contributed by atoms with Gasteiger partial charge in [-0.2, -0.15) is 0 Å². The monoisotopic (exact) mass is 257 g/mol. The molecule has 0 radical (unpaired) electrons. The minimum absolute atomic E-state index is 0.0428. The lowest BCUT2D eigenvalue weighted by molar-refractivity contribution is -0.139. The molecule has 1 atom stereocenters. The number of thioether (sulfide) groups is 1. The normalized spacial score (nSPS) is 26.9. The molecule has 2 aliphatic rings. The predicted octanol–water partition coefficient (Wildman–Crippen LogP) is 1.79. The summed E-state index contributed by atoms with van der Waals surface area (Å²) in [7, 11) is 0. The number of carbonyl (C=O) groups is 2. The maximum Gasteiger partial charge on any atom is 0.305 e. The number of hydrogen-bond acceptors (Lipinski definition) is 3. The fourth-order valence-electron chi connectivity index (χ4n) is 2.81. The number of amides is 1. The van der Waals surface area contributed by atoms with Crippen molar-refractivity contribution in [3.05, 3.63) is 0 Å². The number of hydrogen-bond donors (Lipinski definition) is 2. The lowest BCUT2D eigenvalue weighted by Gasteiger charge is -2.29. The van der Waals surface area contributed by atoms with E-state index in [0.29, 0.717) is 0 Å². The standard InChI is InChI=1S/C12H19NO3S/c14-10(15)8-12(5-1-2-6-12)13-11(16)9-4-3-7-17-9/h9H,1-8H2,(H,13,16)(H,14,15). The van der Waals surface area contributed by atoms with E-state index >= 15 is 0 Å². The Kier molecular flexibility index (Phi) is 3.97. The molecule has 1 saturated carbocycles. The van der Waals surface area contributed by atoms with Crippen molar-refractivity contribution in [2.45, 2.75) is 55.7 Å². The average molecular weight is 257 g/mol. The first-order valence-corrected chi connectivity index (χ1v) is 7.32. The van der Waals surface area contributed by atoms with Crippen molar-refractivity contribution in [3.63, 3.8) is 0 Å². The zero-order valence-electron chi connectivity index (χ0n) is 9.91. The van der Waals surface area contributed by atoms with Crippen LogP contribution in [0.4, 0.5) is 0 Å². The predicted molar refractivity (Wildman–Crippen MR) is 67.1 cm³/mol. The average Bonchev–Trinajstić information content (AvgIpc) is 2.86. The Hall–Kier alpha value is -0.710. The Bertz CT molecular complexity index is 307. The van der Waals surface area contributed by atoms with Gasteiger partial charge in [0.15, 0.2) is 0 Å². The van der Waals surface area contributed by atoms with Gasteiger partial charge in [-0.25, -0.2) is 0 Å². The molecule has 2 rings (SSSR count). The van der Waals surface area contributed by atoms with Crippen LogP contribution < -0.4 is 5.32 Å². The van der Waals surface area contributed by atoms with E-state index in [-0.39, 0.29) is 17.6 Å². The first kappa shape index (κ1) is 12.7. The third-order valence-electron chi connectivity index (χ3n) is 3.66. The van der Waals surface area contributed by atoms with Crippen molar-refractivity contribution < 1.29 is 14.7 Å². The van der Waals surface area contributed by atoms with Crippen LogP contribution in [0, 0.1) is 0 Å². The highest BCUT2D eigenvalue weighted by molar-refractivity contribution is 8.00. The van der Waals surface area contributed by atoms with Gasteiger partial charge in [-0.1, -0.05) is 12.8 Å². The number of carbonyl (C=O) groups excluding carboxylic acids is 1. The molecule has 0 bridgehead atoms. The van der Waals surface area contributed by atoms with E-state index in [1.165, 1.54) is 0 Å². The van der Waals surface area contributed by atoms with E-state index < -0.39 is 11.5 Å². The molecule has 0 aromatic rings. The molecule has 2 N–H and O–H groups in total. The van der Waals surface area contributed by atoms with E-state index in [2.05, 4.69) is 5.32 Å². The summed E-state index contributed by atoms with van der Waals surface area (Å²) in [5.41, 5.74) is -0.466. The first-order chi connectivity index (χ1) is 8.11. The van der Waals surface area contributed by atoms with Gasteiger partial charge in [0.05, 0.1) is 17.2 Å². The molecule has 1 saturated heterocycles. The number of carboxylic acid groups (broad SMARTS) is 1. The van der Waals surface area contributed by atoms with Crippen LogP contribution in [0.1, 0.15) is 44.9 Å². The van der Waals surface area contributed by atoms with Gasteiger partial charge in [0.25, 0.3) is 0 Å². The highest BCUT2D eigenvalue weighted by Crippen LogP contribution is 2.34. The lowest BCUT2D eigenvalue weighted by atomic mass is 9.93. The van der Waals surface area contributed by atoms with Crippen molar-refractivity contribution in [1.29, 1.82) is 0 Å². The first-order valence-electron chi connectivity index (χ1n) is 6.27. The number of rotatable bonds is 4. The van der Waals surface area contributed by atoms with Gasteiger partial charge in [0.1, 0.15) is 0 Å². The van der Waals surface area contributed by atoms with E-state index in [1.807, 2.05) is 0 Å². The third kappa shape index (κ3) is 3.15. The van der Waals surface area contributed by atoms with Crippen LogP contribution >= 0.6 is 11.8 Å². The topological polar surface area (TPSA) is 66.4 Å². The van der Waals surface area contributed by atoms with Gasteiger partial charge < -0.3 is 10.4 Å². The lowest BCUT2D eigenvalue weighted by Crippen LogP contribution is -2.50. The van der Waals surface area contributed by atoms with E-state index in [4.69, 9.17) is 5.11 Å². The van der Waals surface area contributed by atoms with Gasteiger partial charge in [-0.15, -0.1) is 11.8 Å². The smallest absolute Gasteiger partial charge is 0.305 e. The molecule has 0 spiro atoms. The number of aliphatic carboxylic acids is 1. The van der Waals surface area contributed by atoms with Crippen LogP contribution in [0.5, 0.6) is 0 Å². The molecule has 1 unspecified atom stereocenters. The van der Waals surface area contributed by atoms with Gasteiger partial charge >= 0.3 is 5.97 Å². The third-order valence-corrected chi connectivity index (χ3v) is 5.04. The van der Waals surface area contributed by atoms with Crippen molar-refractivity contribution in [2.24, 2.45) is 0 Å². The van der Waals surface area contributed by atoms with E-state index in [0.717, 1.165) is 44.3 Å². The fraction of sp³-hybridized carbons (Fsp3) is 0.833. The fourth-order valence-corrected chi connectivity index (χ4v) is 3.97. The Morgan fingerprint density at radius 1 is 1.29 bits per heavy atom. The molecule has 0 aromatic carbocycles. The second-order valence-corrected chi connectivity index (χ2v) is 6.36. The molecule has 1 aliphatic heterocycles. The SMILES string of the molecule is O=C(O)CC1(NC(=O)C2CCCS2)CCCC1. The summed E-state index contributed by atoms with van der Waals surface area (Å²) in [6, 6.07) is 0. The molecule has 17 heavy (non-hydrogen) atoms. The number of nitrogens with one attached hydrogen (secondary N) is 1. The van der Waals surface area contributed by atoms with Gasteiger partial charge in [0, 0.05) is 0 Å². The van der Waals surface area contributed by atoms with Crippen LogP contribution in [0.25, 0.3) is 0 Å². The van der Waals surface area contributed by atoms with Gasteiger partial charge in [-0.3, -0.25) is 9.59 Å². The molecule has 1 heterocycles. The maximum atomic E-state index is 12.1. The molecule has 4 nitrogen and oxygen atoms in total. The maximum absolute atomic E-state index is 12.1. The highest BCUT2D eigenvalue weighted by atomic mass is 32.2. The van der Waals surface area contributed by atoms with Crippen LogP contribution in [0.3, 0.4) is 0 Å². The Labute approximate surface area is 106 Å². The molecule has 96 valence electrons. The quantitative estimate of drug-likeness (QED) is 0.805. The summed E-state index contributed by atoms with van der Waals surface area (Å²) in [6.45, 7) is 0. The summed E-state index contributed by atoms with van der Waals surface area (Å²) >= 11 is 1.69.